The molecular formula is C38H54N2O4. The van der Waals surface area contributed by atoms with E-state index in [9.17, 15) is 19.5 Å². The van der Waals surface area contributed by atoms with Gasteiger partial charge in [-0.1, -0.05) is 66.2 Å². The molecule has 1 heterocycles. The highest BCUT2D eigenvalue weighted by Gasteiger charge is 2.70. The summed E-state index contributed by atoms with van der Waals surface area (Å²) < 4.78 is 0. The van der Waals surface area contributed by atoms with Crippen LogP contribution in [0.2, 0.25) is 0 Å². The summed E-state index contributed by atoms with van der Waals surface area (Å²) in [4.78, 5) is 45.1. The molecule has 4 saturated carbocycles. The van der Waals surface area contributed by atoms with Gasteiger partial charge >= 0.3 is 5.97 Å². The van der Waals surface area contributed by atoms with Gasteiger partial charge in [0.1, 0.15) is 0 Å². The zero-order valence-corrected chi connectivity index (χ0v) is 28.1. The van der Waals surface area contributed by atoms with E-state index in [-0.39, 0.29) is 45.2 Å². The lowest BCUT2D eigenvalue weighted by atomic mass is 9.33. The van der Waals surface area contributed by atoms with Crippen LogP contribution in [0.4, 0.5) is 0 Å². The van der Waals surface area contributed by atoms with Gasteiger partial charge < -0.3 is 10.4 Å². The van der Waals surface area contributed by atoms with Crippen LogP contribution in [0.25, 0.3) is 0 Å². The van der Waals surface area contributed by atoms with Crippen molar-refractivity contribution in [3.05, 3.63) is 41.7 Å². The minimum absolute atomic E-state index is 0.0228. The number of fused-ring (bicyclic) bond motifs is 7. The average molecular weight is 603 g/mol. The van der Waals surface area contributed by atoms with Crippen molar-refractivity contribution in [1.82, 2.24) is 10.3 Å². The normalized spacial score (nSPS) is 42.1. The number of carboxylic acid groups (broad SMARTS) is 1. The number of aliphatic carboxylic acids is 1. The minimum Gasteiger partial charge on any atom is -0.481 e. The van der Waals surface area contributed by atoms with Crippen molar-refractivity contribution in [2.75, 3.05) is 6.54 Å². The molecule has 2 N–H and O–H groups in total. The molecule has 6 heteroatoms. The number of pyridine rings is 1. The van der Waals surface area contributed by atoms with Crippen LogP contribution in [0, 0.1) is 56.2 Å². The molecule has 44 heavy (non-hydrogen) atoms. The third kappa shape index (κ3) is 4.39. The molecule has 4 fully saturated rings. The fraction of sp³-hybridized carbons (Fsp3) is 0.737. The maximum absolute atomic E-state index is 14.0. The van der Waals surface area contributed by atoms with Gasteiger partial charge in [0, 0.05) is 30.3 Å². The molecule has 1 aromatic heterocycles. The fourth-order valence-corrected chi connectivity index (χ4v) is 11.8. The Morgan fingerprint density at radius 1 is 0.955 bits per heavy atom. The Balaban J connectivity index is 1.32. The van der Waals surface area contributed by atoms with E-state index in [0.29, 0.717) is 25.3 Å². The van der Waals surface area contributed by atoms with Crippen molar-refractivity contribution in [3.8, 4) is 0 Å². The van der Waals surface area contributed by atoms with E-state index < -0.39 is 22.7 Å². The first kappa shape index (κ1) is 31.5. The Hall–Kier alpha value is -2.50. The first-order valence-corrected chi connectivity index (χ1v) is 17.2. The lowest BCUT2D eigenvalue weighted by Crippen LogP contribution is -2.66. The molecule has 5 aliphatic rings. The Bertz CT molecular complexity index is 1380. The Kier molecular flexibility index (Phi) is 7.34. The molecule has 6 rings (SSSR count). The molecule has 6 nitrogen and oxygen atoms in total. The van der Waals surface area contributed by atoms with Gasteiger partial charge in [0.05, 0.1) is 11.3 Å². The second-order valence-electron chi connectivity index (χ2n) is 17.4. The topological polar surface area (TPSA) is 96.4 Å². The number of hydrogen-bond donors (Lipinski definition) is 2. The Morgan fingerprint density at radius 3 is 2.36 bits per heavy atom. The van der Waals surface area contributed by atoms with E-state index in [1.807, 2.05) is 18.2 Å². The van der Waals surface area contributed by atoms with Gasteiger partial charge in [-0.3, -0.25) is 19.4 Å². The molecule has 0 aromatic carbocycles. The van der Waals surface area contributed by atoms with Crippen LogP contribution in [0.1, 0.15) is 112 Å². The number of Topliss-reactive ketones (excluding diaryl/α,β-unsaturated/α-hetero) is 1. The molecule has 1 aromatic rings. The first-order chi connectivity index (χ1) is 20.5. The van der Waals surface area contributed by atoms with Gasteiger partial charge in [0.25, 0.3) is 0 Å². The van der Waals surface area contributed by atoms with Crippen molar-refractivity contribution in [3.63, 3.8) is 0 Å². The molecule has 0 bridgehead atoms. The van der Waals surface area contributed by atoms with E-state index in [1.165, 1.54) is 5.57 Å². The minimum atomic E-state index is -0.652. The zero-order chi connectivity index (χ0) is 31.9. The van der Waals surface area contributed by atoms with E-state index in [2.05, 4.69) is 64.8 Å². The Labute approximate surface area is 264 Å². The number of nitrogens with zero attached hydrogens (tertiary/aromatic N) is 1. The van der Waals surface area contributed by atoms with Gasteiger partial charge in [0.2, 0.25) is 5.91 Å². The summed E-state index contributed by atoms with van der Waals surface area (Å²) in [5.41, 5.74) is 0.953. The van der Waals surface area contributed by atoms with E-state index in [0.717, 1.165) is 57.1 Å². The van der Waals surface area contributed by atoms with Crippen molar-refractivity contribution in [2.45, 2.75) is 113 Å². The molecule has 5 aliphatic carbocycles. The summed E-state index contributed by atoms with van der Waals surface area (Å²) in [6.45, 7) is 16.6. The molecule has 0 aliphatic heterocycles. The van der Waals surface area contributed by atoms with Crippen molar-refractivity contribution >= 4 is 17.7 Å². The van der Waals surface area contributed by atoms with Gasteiger partial charge in [-0.25, -0.2) is 0 Å². The number of rotatable bonds is 5. The predicted molar refractivity (Wildman–Crippen MR) is 172 cm³/mol. The standard InChI is InChI=1S/C38H54N2O4/c1-33(2)16-18-38(32(43)44)19-17-36(6)26(27(38)23-33)11-12-29-35(5)22-25(31(42)40-21-14-24-10-8-9-20-39-24)30(41)34(3,4)28(35)13-15-37(29,36)7/h8-11,20,25,27-29H,12-19,21-23H2,1-7H3,(H,40,42)(H,43,44)/t25?,27?,28?,29?,35-,36+,37+,38-/m0/s1. The monoisotopic (exact) mass is 602 g/mol. The van der Waals surface area contributed by atoms with Crippen LogP contribution < -0.4 is 5.32 Å². The summed E-state index contributed by atoms with van der Waals surface area (Å²) >= 11 is 0. The van der Waals surface area contributed by atoms with Crippen LogP contribution in [0.3, 0.4) is 0 Å². The molecule has 0 radical (unpaired) electrons. The van der Waals surface area contributed by atoms with Crippen LogP contribution in [-0.2, 0) is 20.8 Å². The lowest BCUT2D eigenvalue weighted by Gasteiger charge is -2.70. The highest BCUT2D eigenvalue weighted by atomic mass is 16.4. The number of carbonyl (C=O) groups is 3. The van der Waals surface area contributed by atoms with Crippen LogP contribution in [0.5, 0.6) is 0 Å². The highest BCUT2D eigenvalue weighted by molar-refractivity contribution is 6.04. The zero-order valence-electron chi connectivity index (χ0n) is 28.1. The predicted octanol–water partition coefficient (Wildman–Crippen LogP) is 7.42. The van der Waals surface area contributed by atoms with Crippen molar-refractivity contribution in [1.29, 1.82) is 0 Å². The SMILES string of the molecule is CC1(C)CC[C@]2(C(=O)O)CC[C@]3(C)C(=CCC4[C@@]5(C)CC(C(=O)NCCc6ccccn6)C(=O)C(C)(C)C5CC[C@]43C)C2C1. The number of carbonyl (C=O) groups excluding carboxylic acids is 2. The summed E-state index contributed by atoms with van der Waals surface area (Å²) in [5, 5.41) is 13.8. The van der Waals surface area contributed by atoms with E-state index in [1.54, 1.807) is 6.20 Å². The van der Waals surface area contributed by atoms with Crippen molar-refractivity contribution < 1.29 is 19.5 Å². The van der Waals surface area contributed by atoms with Crippen LogP contribution in [-0.4, -0.2) is 34.3 Å². The summed E-state index contributed by atoms with van der Waals surface area (Å²) in [6, 6.07) is 5.79. The molecule has 4 unspecified atom stereocenters. The molecule has 240 valence electrons. The highest BCUT2D eigenvalue weighted by Crippen LogP contribution is 2.75. The van der Waals surface area contributed by atoms with Gasteiger partial charge in [-0.15, -0.1) is 0 Å². The maximum Gasteiger partial charge on any atom is 0.310 e. The number of ketones is 1. The first-order valence-electron chi connectivity index (χ1n) is 17.2. The summed E-state index contributed by atoms with van der Waals surface area (Å²) in [7, 11) is 0. The Morgan fingerprint density at radius 2 is 1.68 bits per heavy atom. The molecule has 8 atom stereocenters. The second kappa shape index (κ2) is 10.3. The summed E-state index contributed by atoms with van der Waals surface area (Å²) in [5.74, 6) is -0.690. The number of hydrogen-bond acceptors (Lipinski definition) is 4. The molecule has 0 saturated heterocycles. The van der Waals surface area contributed by atoms with Gasteiger partial charge in [-0.2, -0.15) is 0 Å². The largest absolute Gasteiger partial charge is 0.481 e. The number of allylic oxidation sites excluding steroid dienone is 2. The van der Waals surface area contributed by atoms with Gasteiger partial charge in [-0.05, 0) is 109 Å². The smallest absolute Gasteiger partial charge is 0.310 e. The fourth-order valence-electron chi connectivity index (χ4n) is 11.8. The number of carboxylic acids is 1. The molecule has 1 amide bonds. The molecule has 0 spiro atoms. The van der Waals surface area contributed by atoms with E-state index >= 15 is 0 Å². The molecular weight excluding hydrogens is 548 g/mol. The van der Waals surface area contributed by atoms with Gasteiger partial charge in [0.15, 0.2) is 5.78 Å². The maximum atomic E-state index is 14.0. The lowest BCUT2D eigenvalue weighted by molar-refractivity contribution is -0.195. The third-order valence-electron chi connectivity index (χ3n) is 14.5. The second-order valence-corrected chi connectivity index (χ2v) is 17.4. The number of nitrogens with one attached hydrogen (secondary N) is 1. The van der Waals surface area contributed by atoms with Crippen LogP contribution in [0.15, 0.2) is 36.0 Å². The number of aromatic nitrogens is 1. The quantitative estimate of drug-likeness (QED) is 0.270. The average Bonchev–Trinajstić information content (AvgIpc) is 2.95. The summed E-state index contributed by atoms with van der Waals surface area (Å²) in [6.07, 6.45) is 12.7. The number of amides is 1. The third-order valence-corrected chi connectivity index (χ3v) is 14.5. The van der Waals surface area contributed by atoms with Crippen molar-refractivity contribution in [2.24, 2.45) is 56.2 Å². The van der Waals surface area contributed by atoms with Crippen LogP contribution >= 0.6 is 0 Å². The van der Waals surface area contributed by atoms with E-state index in [4.69, 9.17) is 0 Å².